The highest BCUT2D eigenvalue weighted by Gasteiger charge is 2.10. The van der Waals surface area contributed by atoms with E-state index in [1.54, 1.807) is 5.57 Å². The molecule has 0 bridgehead atoms. The van der Waals surface area contributed by atoms with Gasteiger partial charge in [0.05, 0.1) is 6.33 Å². The molecule has 1 aliphatic rings. The fourth-order valence-electron chi connectivity index (χ4n) is 2.19. The zero-order valence-electron chi connectivity index (χ0n) is 8.82. The van der Waals surface area contributed by atoms with Gasteiger partial charge in [0.15, 0.2) is 0 Å². The maximum Gasteiger partial charge on any atom is 0.0946 e. The minimum absolute atomic E-state index is 0.715. The molecular formula is C12H18N2. The standard InChI is InChI=1S/C12H18N2/c1-11-4-2-3-5-12(8-11)9-14-7-6-13-10-14/h6-8,10,12H,2-5,9H2,1H3. The van der Waals surface area contributed by atoms with Crippen molar-refractivity contribution in [3.05, 3.63) is 30.4 Å². The van der Waals surface area contributed by atoms with E-state index in [0.717, 1.165) is 6.54 Å². The van der Waals surface area contributed by atoms with Gasteiger partial charge in [0, 0.05) is 18.9 Å². The third kappa shape index (κ3) is 2.47. The van der Waals surface area contributed by atoms with Crippen LogP contribution in [-0.4, -0.2) is 9.55 Å². The number of hydrogen-bond acceptors (Lipinski definition) is 1. The van der Waals surface area contributed by atoms with Crippen LogP contribution in [0.25, 0.3) is 0 Å². The van der Waals surface area contributed by atoms with Crippen LogP contribution < -0.4 is 0 Å². The highest BCUT2D eigenvalue weighted by molar-refractivity contribution is 5.03. The maximum absolute atomic E-state index is 4.07. The predicted molar refractivity (Wildman–Crippen MR) is 57.9 cm³/mol. The number of allylic oxidation sites excluding steroid dienone is 2. The first-order valence-electron chi connectivity index (χ1n) is 5.47. The first kappa shape index (κ1) is 9.50. The third-order valence-corrected chi connectivity index (χ3v) is 2.92. The zero-order chi connectivity index (χ0) is 9.80. The Morgan fingerprint density at radius 1 is 1.50 bits per heavy atom. The van der Waals surface area contributed by atoms with Crippen molar-refractivity contribution in [2.45, 2.75) is 39.2 Å². The van der Waals surface area contributed by atoms with Gasteiger partial charge in [-0.25, -0.2) is 4.98 Å². The molecule has 1 unspecified atom stereocenters. The van der Waals surface area contributed by atoms with Crippen LogP contribution in [0.2, 0.25) is 0 Å². The van der Waals surface area contributed by atoms with Crippen LogP contribution in [0.5, 0.6) is 0 Å². The molecule has 0 saturated carbocycles. The molecule has 1 atom stereocenters. The van der Waals surface area contributed by atoms with Gasteiger partial charge < -0.3 is 4.57 Å². The van der Waals surface area contributed by atoms with E-state index < -0.39 is 0 Å². The van der Waals surface area contributed by atoms with E-state index in [-0.39, 0.29) is 0 Å². The summed E-state index contributed by atoms with van der Waals surface area (Å²) in [6, 6.07) is 0. The van der Waals surface area contributed by atoms with Gasteiger partial charge in [-0.1, -0.05) is 18.1 Å². The molecule has 1 aromatic heterocycles. The number of imidazole rings is 1. The third-order valence-electron chi connectivity index (χ3n) is 2.92. The molecule has 0 aromatic carbocycles. The second-order valence-electron chi connectivity index (χ2n) is 4.28. The van der Waals surface area contributed by atoms with Crippen molar-refractivity contribution in [1.82, 2.24) is 9.55 Å². The van der Waals surface area contributed by atoms with Crippen LogP contribution in [0, 0.1) is 5.92 Å². The van der Waals surface area contributed by atoms with Gasteiger partial charge in [0.2, 0.25) is 0 Å². The van der Waals surface area contributed by atoms with Crippen LogP contribution in [0.4, 0.5) is 0 Å². The van der Waals surface area contributed by atoms with Crippen LogP contribution >= 0.6 is 0 Å². The molecule has 0 N–H and O–H groups in total. The molecule has 14 heavy (non-hydrogen) atoms. The fourth-order valence-corrected chi connectivity index (χ4v) is 2.19. The molecule has 0 radical (unpaired) electrons. The summed E-state index contributed by atoms with van der Waals surface area (Å²) >= 11 is 0. The second kappa shape index (κ2) is 4.45. The summed E-state index contributed by atoms with van der Waals surface area (Å²) in [4.78, 5) is 4.07. The summed E-state index contributed by atoms with van der Waals surface area (Å²) in [6.45, 7) is 3.35. The van der Waals surface area contributed by atoms with E-state index in [1.807, 2.05) is 18.7 Å². The van der Waals surface area contributed by atoms with Crippen molar-refractivity contribution < 1.29 is 0 Å². The number of hydrogen-bond donors (Lipinski definition) is 0. The van der Waals surface area contributed by atoms with Crippen molar-refractivity contribution in [3.8, 4) is 0 Å². The monoisotopic (exact) mass is 190 g/mol. The van der Waals surface area contributed by atoms with Crippen LogP contribution in [0.15, 0.2) is 30.4 Å². The van der Waals surface area contributed by atoms with Crippen molar-refractivity contribution in [2.24, 2.45) is 5.92 Å². The van der Waals surface area contributed by atoms with Crippen LogP contribution in [-0.2, 0) is 6.54 Å². The molecule has 1 aliphatic carbocycles. The summed E-state index contributed by atoms with van der Waals surface area (Å²) in [5.41, 5.74) is 1.56. The molecule has 0 amide bonds. The Bertz CT molecular complexity index is 298. The molecule has 0 aliphatic heterocycles. The highest BCUT2D eigenvalue weighted by atomic mass is 15.0. The van der Waals surface area contributed by atoms with Crippen LogP contribution in [0.3, 0.4) is 0 Å². The van der Waals surface area contributed by atoms with Gasteiger partial charge >= 0.3 is 0 Å². The van der Waals surface area contributed by atoms with Gasteiger partial charge in [0.1, 0.15) is 0 Å². The Morgan fingerprint density at radius 3 is 3.21 bits per heavy atom. The summed E-state index contributed by atoms with van der Waals surface area (Å²) < 4.78 is 2.18. The molecule has 2 heteroatoms. The Balaban J connectivity index is 1.99. The van der Waals surface area contributed by atoms with E-state index in [4.69, 9.17) is 0 Å². The normalized spacial score (nSPS) is 22.9. The number of nitrogens with zero attached hydrogens (tertiary/aromatic N) is 2. The lowest BCUT2D eigenvalue weighted by atomic mass is 10.0. The smallest absolute Gasteiger partial charge is 0.0946 e. The molecule has 2 rings (SSSR count). The molecule has 1 aromatic rings. The minimum atomic E-state index is 0.715. The highest BCUT2D eigenvalue weighted by Crippen LogP contribution is 2.22. The number of aromatic nitrogens is 2. The predicted octanol–water partition coefficient (Wildman–Crippen LogP) is 3.02. The van der Waals surface area contributed by atoms with E-state index >= 15 is 0 Å². The quantitative estimate of drug-likeness (QED) is 0.655. The maximum atomic E-state index is 4.07. The molecule has 1 heterocycles. The molecular weight excluding hydrogens is 172 g/mol. The van der Waals surface area contributed by atoms with Gasteiger partial charge in [-0.3, -0.25) is 0 Å². The summed E-state index contributed by atoms with van der Waals surface area (Å²) in [5.74, 6) is 0.715. The first-order chi connectivity index (χ1) is 6.84. The molecule has 0 spiro atoms. The lowest BCUT2D eigenvalue weighted by Crippen LogP contribution is -2.06. The molecule has 76 valence electrons. The van der Waals surface area contributed by atoms with E-state index in [9.17, 15) is 0 Å². The lowest BCUT2D eigenvalue weighted by Gasteiger charge is -2.11. The molecule has 2 nitrogen and oxygen atoms in total. The first-order valence-corrected chi connectivity index (χ1v) is 5.47. The summed E-state index contributed by atoms with van der Waals surface area (Å²) in [7, 11) is 0. The Kier molecular flexibility index (Phi) is 3.02. The van der Waals surface area contributed by atoms with Crippen molar-refractivity contribution in [3.63, 3.8) is 0 Å². The average molecular weight is 190 g/mol. The van der Waals surface area contributed by atoms with Gasteiger partial charge in [-0.2, -0.15) is 0 Å². The Morgan fingerprint density at radius 2 is 2.43 bits per heavy atom. The molecule has 0 saturated heterocycles. The van der Waals surface area contributed by atoms with Gasteiger partial charge in [-0.05, 0) is 32.1 Å². The van der Waals surface area contributed by atoms with E-state index in [0.29, 0.717) is 5.92 Å². The zero-order valence-corrected chi connectivity index (χ0v) is 8.82. The molecule has 0 fully saturated rings. The minimum Gasteiger partial charge on any atom is -0.337 e. The second-order valence-corrected chi connectivity index (χ2v) is 4.28. The fraction of sp³-hybridized carbons (Fsp3) is 0.583. The summed E-state index contributed by atoms with van der Waals surface area (Å²) in [5, 5.41) is 0. The Labute approximate surface area is 85.7 Å². The SMILES string of the molecule is CC1=CC(Cn2ccnc2)CCCC1. The van der Waals surface area contributed by atoms with Gasteiger partial charge in [-0.15, -0.1) is 0 Å². The number of rotatable bonds is 2. The topological polar surface area (TPSA) is 17.8 Å². The van der Waals surface area contributed by atoms with Crippen LogP contribution in [0.1, 0.15) is 32.6 Å². The lowest BCUT2D eigenvalue weighted by molar-refractivity contribution is 0.482. The van der Waals surface area contributed by atoms with Crippen molar-refractivity contribution >= 4 is 0 Å². The summed E-state index contributed by atoms with van der Waals surface area (Å²) in [6.07, 6.45) is 13.6. The van der Waals surface area contributed by atoms with Gasteiger partial charge in [0.25, 0.3) is 0 Å². The van der Waals surface area contributed by atoms with E-state index in [2.05, 4.69) is 22.6 Å². The average Bonchev–Trinajstić information content (AvgIpc) is 2.56. The van der Waals surface area contributed by atoms with Crippen molar-refractivity contribution in [1.29, 1.82) is 0 Å². The van der Waals surface area contributed by atoms with E-state index in [1.165, 1.54) is 25.7 Å². The largest absolute Gasteiger partial charge is 0.337 e. The van der Waals surface area contributed by atoms with Crippen molar-refractivity contribution in [2.75, 3.05) is 0 Å². The Hall–Kier alpha value is -1.05.